The molecule has 5 heteroatoms. The average molecular weight is 232 g/mol. The zero-order valence-electron chi connectivity index (χ0n) is 10.2. The summed E-state index contributed by atoms with van der Waals surface area (Å²) in [6.45, 7) is 5.57. The van der Waals surface area contributed by atoms with Crippen LogP contribution in [0.15, 0.2) is 30.7 Å². The summed E-state index contributed by atoms with van der Waals surface area (Å²) in [6, 6.07) is 3.85. The lowest BCUT2D eigenvalue weighted by molar-refractivity contribution is -0.127. The molecule has 0 fully saturated rings. The molecule has 1 amide bonds. The summed E-state index contributed by atoms with van der Waals surface area (Å²) >= 11 is 0. The van der Waals surface area contributed by atoms with Crippen molar-refractivity contribution in [3.05, 3.63) is 30.7 Å². The van der Waals surface area contributed by atoms with E-state index in [0.717, 1.165) is 5.52 Å². The Balaban J connectivity index is 2.14. The molecule has 0 saturated heterocycles. The summed E-state index contributed by atoms with van der Waals surface area (Å²) in [6.07, 6.45) is 5.46. The molecular weight excluding hydrogens is 216 g/mol. The maximum absolute atomic E-state index is 11.7. The number of carbonyl (C=O) groups is 1. The van der Waals surface area contributed by atoms with Crippen LogP contribution in [0.2, 0.25) is 0 Å². The Morgan fingerprint density at radius 1 is 1.35 bits per heavy atom. The van der Waals surface area contributed by atoms with E-state index >= 15 is 0 Å². The van der Waals surface area contributed by atoms with Crippen molar-refractivity contribution < 1.29 is 4.79 Å². The maximum Gasteiger partial charge on any atom is 0.243 e. The first-order valence-electron chi connectivity index (χ1n) is 5.46. The highest BCUT2D eigenvalue weighted by Gasteiger charge is 2.21. The molecule has 0 aliphatic heterocycles. The maximum atomic E-state index is 11.7. The van der Waals surface area contributed by atoms with Crippen LogP contribution in [0, 0.1) is 5.41 Å². The second-order valence-electron chi connectivity index (χ2n) is 4.91. The standard InChI is InChI=1S/C12H16N4O/c1-12(2,3)11(17)15-14-10-9-5-4-7-16(9)8-6-13-10/h4-8H,1-3H3,(H,13,14)(H,15,17). The molecule has 0 bridgehead atoms. The zero-order valence-corrected chi connectivity index (χ0v) is 10.2. The van der Waals surface area contributed by atoms with Crippen molar-refractivity contribution >= 4 is 17.2 Å². The summed E-state index contributed by atoms with van der Waals surface area (Å²) in [7, 11) is 0. The van der Waals surface area contributed by atoms with Crippen LogP contribution in [0.3, 0.4) is 0 Å². The molecular formula is C12H16N4O. The van der Waals surface area contributed by atoms with Crippen molar-refractivity contribution in [2.24, 2.45) is 5.41 Å². The Bertz CT molecular complexity index is 539. The van der Waals surface area contributed by atoms with E-state index in [2.05, 4.69) is 15.8 Å². The molecule has 2 aromatic rings. The summed E-state index contributed by atoms with van der Waals surface area (Å²) < 4.78 is 1.93. The van der Waals surface area contributed by atoms with Gasteiger partial charge in [-0.1, -0.05) is 20.8 Å². The number of anilines is 1. The van der Waals surface area contributed by atoms with E-state index in [-0.39, 0.29) is 5.91 Å². The van der Waals surface area contributed by atoms with E-state index in [9.17, 15) is 4.79 Å². The Morgan fingerprint density at radius 3 is 2.82 bits per heavy atom. The van der Waals surface area contributed by atoms with Gasteiger partial charge >= 0.3 is 0 Å². The van der Waals surface area contributed by atoms with E-state index < -0.39 is 5.41 Å². The van der Waals surface area contributed by atoms with Crippen LogP contribution in [0.1, 0.15) is 20.8 Å². The molecule has 0 atom stereocenters. The number of nitrogens with one attached hydrogen (secondary N) is 2. The lowest BCUT2D eigenvalue weighted by atomic mass is 9.96. The second kappa shape index (κ2) is 4.08. The normalized spacial score (nSPS) is 11.5. The van der Waals surface area contributed by atoms with Gasteiger partial charge in [0.05, 0.1) is 5.52 Å². The molecule has 17 heavy (non-hydrogen) atoms. The lowest BCUT2D eigenvalue weighted by Crippen LogP contribution is -2.38. The average Bonchev–Trinajstić information content (AvgIpc) is 2.72. The fourth-order valence-corrected chi connectivity index (χ4v) is 1.37. The molecule has 0 aliphatic carbocycles. The summed E-state index contributed by atoms with van der Waals surface area (Å²) in [5.41, 5.74) is 5.99. The molecule has 0 radical (unpaired) electrons. The monoisotopic (exact) mass is 232 g/mol. The third-order valence-electron chi connectivity index (χ3n) is 2.43. The van der Waals surface area contributed by atoms with Gasteiger partial charge < -0.3 is 4.40 Å². The Labute approximate surface area is 99.8 Å². The summed E-state index contributed by atoms with van der Waals surface area (Å²) in [4.78, 5) is 15.9. The van der Waals surface area contributed by atoms with Crippen molar-refractivity contribution in [2.45, 2.75) is 20.8 Å². The van der Waals surface area contributed by atoms with Gasteiger partial charge in [0.1, 0.15) is 0 Å². The van der Waals surface area contributed by atoms with Gasteiger partial charge in [-0.2, -0.15) is 0 Å². The van der Waals surface area contributed by atoms with Gasteiger partial charge in [0.25, 0.3) is 0 Å². The highest BCUT2D eigenvalue weighted by molar-refractivity contribution is 5.83. The van der Waals surface area contributed by atoms with Crippen LogP contribution in [0.4, 0.5) is 5.82 Å². The molecule has 0 aromatic carbocycles. The van der Waals surface area contributed by atoms with E-state index in [1.165, 1.54) is 0 Å². The van der Waals surface area contributed by atoms with Gasteiger partial charge in [0, 0.05) is 24.0 Å². The predicted octanol–water partition coefficient (Wildman–Crippen LogP) is 1.82. The Hall–Kier alpha value is -2.04. The number of carbonyl (C=O) groups excluding carboxylic acids is 1. The minimum Gasteiger partial charge on any atom is -0.319 e. The fraction of sp³-hybridized carbons (Fsp3) is 0.333. The van der Waals surface area contributed by atoms with E-state index in [0.29, 0.717) is 5.82 Å². The van der Waals surface area contributed by atoms with Crippen molar-refractivity contribution in [3.8, 4) is 0 Å². The first kappa shape index (κ1) is 11.4. The molecule has 2 heterocycles. The molecule has 2 N–H and O–H groups in total. The van der Waals surface area contributed by atoms with Crippen molar-refractivity contribution in [1.29, 1.82) is 0 Å². The Kier molecular flexibility index (Phi) is 2.75. The largest absolute Gasteiger partial charge is 0.319 e. The highest BCUT2D eigenvalue weighted by atomic mass is 16.2. The van der Waals surface area contributed by atoms with Crippen LogP contribution in [0.5, 0.6) is 0 Å². The SMILES string of the molecule is CC(C)(C)C(=O)NNc1nccn2cccc12. The number of hydrogen-bond acceptors (Lipinski definition) is 3. The van der Waals surface area contributed by atoms with Gasteiger partial charge in [-0.05, 0) is 12.1 Å². The van der Waals surface area contributed by atoms with Crippen LogP contribution < -0.4 is 10.9 Å². The molecule has 2 rings (SSSR count). The van der Waals surface area contributed by atoms with Crippen molar-refractivity contribution in [2.75, 3.05) is 5.43 Å². The molecule has 0 aliphatic rings. The van der Waals surface area contributed by atoms with Crippen LogP contribution in [-0.2, 0) is 4.79 Å². The molecule has 0 saturated carbocycles. The fourth-order valence-electron chi connectivity index (χ4n) is 1.37. The van der Waals surface area contributed by atoms with Gasteiger partial charge in [-0.3, -0.25) is 15.6 Å². The third-order valence-corrected chi connectivity index (χ3v) is 2.43. The molecule has 2 aromatic heterocycles. The first-order valence-corrected chi connectivity index (χ1v) is 5.46. The predicted molar refractivity (Wildman–Crippen MR) is 66.4 cm³/mol. The topological polar surface area (TPSA) is 58.4 Å². The lowest BCUT2D eigenvalue weighted by Gasteiger charge is -2.18. The quantitative estimate of drug-likeness (QED) is 0.776. The Morgan fingerprint density at radius 2 is 2.12 bits per heavy atom. The van der Waals surface area contributed by atoms with E-state index in [1.807, 2.05) is 49.7 Å². The van der Waals surface area contributed by atoms with Crippen LogP contribution in [-0.4, -0.2) is 15.3 Å². The second-order valence-corrected chi connectivity index (χ2v) is 4.91. The minimum absolute atomic E-state index is 0.0761. The number of fused-ring (bicyclic) bond motifs is 1. The molecule has 0 spiro atoms. The third kappa shape index (κ3) is 2.38. The number of amides is 1. The van der Waals surface area contributed by atoms with Crippen LogP contribution in [0.25, 0.3) is 5.52 Å². The van der Waals surface area contributed by atoms with Crippen molar-refractivity contribution in [3.63, 3.8) is 0 Å². The van der Waals surface area contributed by atoms with Crippen LogP contribution >= 0.6 is 0 Å². The summed E-state index contributed by atoms with van der Waals surface area (Å²) in [5, 5.41) is 0. The number of hydrogen-bond donors (Lipinski definition) is 2. The first-order chi connectivity index (χ1) is 7.98. The van der Waals surface area contributed by atoms with E-state index in [1.54, 1.807) is 6.20 Å². The van der Waals surface area contributed by atoms with E-state index in [4.69, 9.17) is 0 Å². The molecule has 5 nitrogen and oxygen atoms in total. The smallest absolute Gasteiger partial charge is 0.243 e. The van der Waals surface area contributed by atoms with Crippen molar-refractivity contribution in [1.82, 2.24) is 14.8 Å². The highest BCUT2D eigenvalue weighted by Crippen LogP contribution is 2.15. The molecule has 0 unspecified atom stereocenters. The number of rotatable bonds is 2. The number of nitrogens with zero attached hydrogens (tertiary/aromatic N) is 2. The van der Waals surface area contributed by atoms with Gasteiger partial charge in [-0.25, -0.2) is 4.98 Å². The summed E-state index contributed by atoms with van der Waals surface area (Å²) in [5.74, 6) is 0.558. The molecule has 90 valence electrons. The minimum atomic E-state index is -0.430. The van der Waals surface area contributed by atoms with Gasteiger partial charge in [0.2, 0.25) is 5.91 Å². The number of hydrazine groups is 1. The number of aromatic nitrogens is 2. The van der Waals surface area contributed by atoms with Gasteiger partial charge in [-0.15, -0.1) is 0 Å². The zero-order chi connectivity index (χ0) is 12.5. The van der Waals surface area contributed by atoms with Gasteiger partial charge in [0.15, 0.2) is 5.82 Å².